The van der Waals surface area contributed by atoms with Gasteiger partial charge in [-0.3, -0.25) is 4.79 Å². The molecule has 3 nitrogen and oxygen atoms in total. The quantitative estimate of drug-likeness (QED) is 0.707. The lowest BCUT2D eigenvalue weighted by atomic mass is 10.1. The van der Waals surface area contributed by atoms with Crippen molar-refractivity contribution < 1.29 is 9.21 Å². The highest BCUT2D eigenvalue weighted by Gasteiger charge is 2.21. The van der Waals surface area contributed by atoms with E-state index in [1.165, 1.54) is 5.56 Å². The van der Waals surface area contributed by atoms with Crippen LogP contribution >= 0.6 is 0 Å². The maximum Gasteiger partial charge on any atom is 0.289 e. The third-order valence-electron chi connectivity index (χ3n) is 4.21. The zero-order valence-corrected chi connectivity index (χ0v) is 13.8. The molecule has 2 aromatic carbocycles. The van der Waals surface area contributed by atoms with Gasteiger partial charge in [-0.05, 0) is 36.6 Å². The molecule has 118 valence electrons. The minimum atomic E-state index is -0.0828. The molecular weight excluding hydrogens is 286 g/mol. The van der Waals surface area contributed by atoms with Crippen LogP contribution in [-0.2, 0) is 13.0 Å². The first-order valence-electron chi connectivity index (χ1n) is 7.91. The standard InChI is InChI=1S/C20H21NO2/c1-4-15-10-11-18-17(12-15)14(2)19(23-18)20(22)21(3)13-16-8-6-5-7-9-16/h5-12H,4,13H2,1-3H3. The lowest BCUT2D eigenvalue weighted by molar-refractivity contribution is 0.0755. The number of amides is 1. The molecular formula is C20H21NO2. The fraction of sp³-hybridized carbons (Fsp3) is 0.250. The van der Waals surface area contributed by atoms with Crippen LogP contribution in [0.2, 0.25) is 0 Å². The number of hydrogen-bond acceptors (Lipinski definition) is 2. The highest BCUT2D eigenvalue weighted by atomic mass is 16.3. The van der Waals surface area contributed by atoms with Crippen molar-refractivity contribution in [3.8, 4) is 0 Å². The van der Waals surface area contributed by atoms with Crippen molar-refractivity contribution in [2.75, 3.05) is 7.05 Å². The third kappa shape index (κ3) is 3.00. The van der Waals surface area contributed by atoms with E-state index in [1.807, 2.05) is 49.4 Å². The molecule has 23 heavy (non-hydrogen) atoms. The highest BCUT2D eigenvalue weighted by Crippen LogP contribution is 2.27. The minimum Gasteiger partial charge on any atom is -0.451 e. The van der Waals surface area contributed by atoms with Crippen molar-refractivity contribution in [2.24, 2.45) is 0 Å². The second kappa shape index (κ2) is 6.29. The third-order valence-corrected chi connectivity index (χ3v) is 4.21. The predicted octanol–water partition coefficient (Wildman–Crippen LogP) is 4.58. The molecule has 0 fully saturated rings. The molecule has 0 aliphatic rings. The molecule has 0 saturated carbocycles. The monoisotopic (exact) mass is 307 g/mol. The average molecular weight is 307 g/mol. The number of fused-ring (bicyclic) bond motifs is 1. The van der Waals surface area contributed by atoms with Crippen LogP contribution in [-0.4, -0.2) is 17.9 Å². The molecule has 3 heteroatoms. The van der Waals surface area contributed by atoms with Crippen molar-refractivity contribution in [3.05, 3.63) is 71.0 Å². The van der Waals surface area contributed by atoms with Crippen LogP contribution in [0.5, 0.6) is 0 Å². The molecule has 1 aromatic heterocycles. The Hall–Kier alpha value is -2.55. The Morgan fingerprint density at radius 1 is 1.09 bits per heavy atom. The van der Waals surface area contributed by atoms with Gasteiger partial charge < -0.3 is 9.32 Å². The smallest absolute Gasteiger partial charge is 0.289 e. The molecule has 0 unspecified atom stereocenters. The van der Waals surface area contributed by atoms with Crippen molar-refractivity contribution in [2.45, 2.75) is 26.8 Å². The SMILES string of the molecule is CCc1ccc2oc(C(=O)N(C)Cc3ccccc3)c(C)c2c1. The number of furan rings is 1. The fourth-order valence-corrected chi connectivity index (χ4v) is 2.79. The Balaban J connectivity index is 1.90. The van der Waals surface area contributed by atoms with Crippen LogP contribution in [0.1, 0.15) is 34.2 Å². The first kappa shape index (κ1) is 15.3. The van der Waals surface area contributed by atoms with Gasteiger partial charge in [-0.25, -0.2) is 0 Å². The van der Waals surface area contributed by atoms with Crippen molar-refractivity contribution in [1.82, 2.24) is 4.90 Å². The summed E-state index contributed by atoms with van der Waals surface area (Å²) in [7, 11) is 1.80. The van der Waals surface area contributed by atoms with Crippen LogP contribution in [0.15, 0.2) is 52.9 Å². The molecule has 0 aliphatic heterocycles. The zero-order valence-electron chi connectivity index (χ0n) is 13.8. The van der Waals surface area contributed by atoms with Gasteiger partial charge in [0.05, 0.1) is 0 Å². The van der Waals surface area contributed by atoms with E-state index >= 15 is 0 Å². The van der Waals surface area contributed by atoms with Gasteiger partial charge in [0, 0.05) is 24.5 Å². The topological polar surface area (TPSA) is 33.5 Å². The number of benzene rings is 2. The van der Waals surface area contributed by atoms with Gasteiger partial charge in [0.15, 0.2) is 5.76 Å². The normalized spacial score (nSPS) is 10.9. The minimum absolute atomic E-state index is 0.0828. The summed E-state index contributed by atoms with van der Waals surface area (Å²) in [5.41, 5.74) is 4.04. The first-order chi connectivity index (χ1) is 11.1. The fourth-order valence-electron chi connectivity index (χ4n) is 2.79. The van der Waals surface area contributed by atoms with E-state index in [-0.39, 0.29) is 5.91 Å². The van der Waals surface area contributed by atoms with Gasteiger partial charge in [0.2, 0.25) is 0 Å². The second-order valence-electron chi connectivity index (χ2n) is 5.89. The van der Waals surface area contributed by atoms with Crippen LogP contribution in [0, 0.1) is 6.92 Å². The first-order valence-corrected chi connectivity index (χ1v) is 7.91. The number of rotatable bonds is 4. The van der Waals surface area contributed by atoms with E-state index in [4.69, 9.17) is 4.42 Å². The number of hydrogen-bond donors (Lipinski definition) is 0. The van der Waals surface area contributed by atoms with Gasteiger partial charge >= 0.3 is 0 Å². The van der Waals surface area contributed by atoms with Gasteiger partial charge in [0.25, 0.3) is 5.91 Å². The summed E-state index contributed by atoms with van der Waals surface area (Å²) in [5.74, 6) is 0.354. The van der Waals surface area contributed by atoms with E-state index in [2.05, 4.69) is 13.0 Å². The molecule has 0 radical (unpaired) electrons. The molecule has 0 N–H and O–H groups in total. The number of carbonyl (C=O) groups excluding carboxylic acids is 1. The number of carbonyl (C=O) groups is 1. The predicted molar refractivity (Wildman–Crippen MR) is 92.6 cm³/mol. The number of aryl methyl sites for hydroxylation is 2. The lowest BCUT2D eigenvalue weighted by Gasteiger charge is -2.16. The Labute approximate surface area is 136 Å². The summed E-state index contributed by atoms with van der Waals surface area (Å²) in [6, 6.07) is 16.1. The zero-order chi connectivity index (χ0) is 16.4. The van der Waals surface area contributed by atoms with Crippen LogP contribution in [0.25, 0.3) is 11.0 Å². The molecule has 1 heterocycles. The second-order valence-corrected chi connectivity index (χ2v) is 5.89. The summed E-state index contributed by atoms with van der Waals surface area (Å²) < 4.78 is 5.83. The van der Waals surface area contributed by atoms with E-state index < -0.39 is 0 Å². The lowest BCUT2D eigenvalue weighted by Crippen LogP contribution is -2.26. The number of nitrogens with zero attached hydrogens (tertiary/aromatic N) is 1. The Kier molecular flexibility index (Phi) is 4.20. The molecule has 0 atom stereocenters. The van der Waals surface area contributed by atoms with Gasteiger partial charge in [-0.1, -0.05) is 43.3 Å². The van der Waals surface area contributed by atoms with Crippen LogP contribution in [0.3, 0.4) is 0 Å². The van der Waals surface area contributed by atoms with E-state index in [0.717, 1.165) is 28.5 Å². The maximum atomic E-state index is 12.7. The molecule has 0 aliphatic carbocycles. The Morgan fingerprint density at radius 2 is 1.83 bits per heavy atom. The summed E-state index contributed by atoms with van der Waals surface area (Å²) in [5, 5.41) is 1.03. The summed E-state index contributed by atoms with van der Waals surface area (Å²) in [4.78, 5) is 14.4. The van der Waals surface area contributed by atoms with Gasteiger partial charge in [-0.2, -0.15) is 0 Å². The maximum absolute atomic E-state index is 12.7. The summed E-state index contributed by atoms with van der Waals surface area (Å²) in [6.07, 6.45) is 0.970. The van der Waals surface area contributed by atoms with Gasteiger partial charge in [0.1, 0.15) is 5.58 Å². The summed E-state index contributed by atoms with van der Waals surface area (Å²) >= 11 is 0. The average Bonchev–Trinajstić information content (AvgIpc) is 2.91. The van der Waals surface area contributed by atoms with Crippen LogP contribution < -0.4 is 0 Å². The van der Waals surface area contributed by atoms with Crippen molar-refractivity contribution in [3.63, 3.8) is 0 Å². The molecule has 3 rings (SSSR count). The van der Waals surface area contributed by atoms with Crippen molar-refractivity contribution >= 4 is 16.9 Å². The molecule has 0 bridgehead atoms. The van der Waals surface area contributed by atoms with Crippen molar-refractivity contribution in [1.29, 1.82) is 0 Å². The summed E-state index contributed by atoms with van der Waals surface area (Å²) in [6.45, 7) is 4.64. The van der Waals surface area contributed by atoms with Crippen LogP contribution in [0.4, 0.5) is 0 Å². The Bertz CT molecular complexity index is 833. The van der Waals surface area contributed by atoms with E-state index in [9.17, 15) is 4.79 Å². The largest absolute Gasteiger partial charge is 0.451 e. The van der Waals surface area contributed by atoms with E-state index in [0.29, 0.717) is 12.3 Å². The van der Waals surface area contributed by atoms with Gasteiger partial charge in [-0.15, -0.1) is 0 Å². The molecule has 0 saturated heterocycles. The molecule has 1 amide bonds. The molecule has 3 aromatic rings. The highest BCUT2D eigenvalue weighted by molar-refractivity contribution is 5.98. The van der Waals surface area contributed by atoms with E-state index in [1.54, 1.807) is 11.9 Å². The molecule has 0 spiro atoms. The Morgan fingerprint density at radius 3 is 2.52 bits per heavy atom.